The standard InChI is InChI=1S/C11H12N2O3/c1-3-11(15)13-9-5-4-8(16-2)6-10(9)12-7-14/h4-6H,3H2,1-2H3,(H,13,15). The van der Waals surface area contributed by atoms with E-state index in [-0.39, 0.29) is 5.91 Å². The van der Waals surface area contributed by atoms with Gasteiger partial charge in [-0.1, -0.05) is 6.92 Å². The maximum Gasteiger partial charge on any atom is 0.240 e. The highest BCUT2D eigenvalue weighted by Crippen LogP contribution is 2.29. The van der Waals surface area contributed by atoms with E-state index in [1.807, 2.05) is 0 Å². The molecule has 0 aliphatic rings. The molecule has 1 aromatic rings. The van der Waals surface area contributed by atoms with Gasteiger partial charge in [-0.2, -0.15) is 4.99 Å². The fraction of sp³-hybridized carbons (Fsp3) is 0.273. The quantitative estimate of drug-likeness (QED) is 0.623. The van der Waals surface area contributed by atoms with E-state index in [1.54, 1.807) is 25.1 Å². The number of methoxy groups -OCH3 is 1. The lowest BCUT2D eigenvalue weighted by atomic mass is 10.2. The van der Waals surface area contributed by atoms with Crippen molar-refractivity contribution in [3.8, 4) is 5.75 Å². The Bertz CT molecular complexity index is 437. The first-order chi connectivity index (χ1) is 7.71. The molecule has 0 aliphatic carbocycles. The normalized spacial score (nSPS) is 9.12. The van der Waals surface area contributed by atoms with E-state index in [9.17, 15) is 9.59 Å². The Morgan fingerprint density at radius 2 is 2.31 bits per heavy atom. The van der Waals surface area contributed by atoms with Crippen LogP contribution in [0.15, 0.2) is 23.2 Å². The Morgan fingerprint density at radius 3 is 2.88 bits per heavy atom. The van der Waals surface area contributed by atoms with Gasteiger partial charge in [0.1, 0.15) is 11.4 Å². The molecule has 0 saturated heterocycles. The molecule has 0 fully saturated rings. The maximum absolute atomic E-state index is 11.2. The van der Waals surface area contributed by atoms with Crippen LogP contribution in [-0.4, -0.2) is 19.1 Å². The lowest BCUT2D eigenvalue weighted by molar-refractivity contribution is -0.115. The number of ether oxygens (including phenoxy) is 1. The Labute approximate surface area is 93.1 Å². The minimum absolute atomic E-state index is 0.146. The Balaban J connectivity index is 3.07. The molecule has 1 aromatic carbocycles. The van der Waals surface area contributed by atoms with E-state index in [2.05, 4.69) is 10.3 Å². The molecule has 0 unspecified atom stereocenters. The third-order valence-electron chi connectivity index (χ3n) is 1.97. The number of aliphatic imine (C=N–C) groups is 1. The molecule has 84 valence electrons. The van der Waals surface area contributed by atoms with Gasteiger partial charge in [0.05, 0.1) is 12.8 Å². The van der Waals surface area contributed by atoms with Gasteiger partial charge in [0.2, 0.25) is 12.0 Å². The second kappa shape index (κ2) is 5.68. The van der Waals surface area contributed by atoms with E-state index >= 15 is 0 Å². The number of hydrogen-bond donors (Lipinski definition) is 1. The number of nitrogens with zero attached hydrogens (tertiary/aromatic N) is 1. The zero-order valence-corrected chi connectivity index (χ0v) is 9.11. The summed E-state index contributed by atoms with van der Waals surface area (Å²) in [6, 6.07) is 4.85. The molecule has 1 rings (SSSR count). The predicted octanol–water partition coefficient (Wildman–Crippen LogP) is 2.01. The van der Waals surface area contributed by atoms with Gasteiger partial charge < -0.3 is 10.1 Å². The summed E-state index contributed by atoms with van der Waals surface area (Å²) in [6.07, 6.45) is 1.79. The lowest BCUT2D eigenvalue weighted by Gasteiger charge is -2.07. The summed E-state index contributed by atoms with van der Waals surface area (Å²) >= 11 is 0. The average molecular weight is 220 g/mol. The van der Waals surface area contributed by atoms with Crippen LogP contribution in [0.5, 0.6) is 5.75 Å². The van der Waals surface area contributed by atoms with Crippen LogP contribution >= 0.6 is 0 Å². The minimum Gasteiger partial charge on any atom is -0.497 e. The van der Waals surface area contributed by atoms with Gasteiger partial charge in [0.15, 0.2) is 0 Å². The van der Waals surface area contributed by atoms with Crippen LogP contribution in [0.4, 0.5) is 11.4 Å². The van der Waals surface area contributed by atoms with E-state index < -0.39 is 0 Å². The largest absolute Gasteiger partial charge is 0.497 e. The fourth-order valence-electron chi connectivity index (χ4n) is 1.12. The van der Waals surface area contributed by atoms with Crippen molar-refractivity contribution in [2.75, 3.05) is 12.4 Å². The van der Waals surface area contributed by atoms with Crippen molar-refractivity contribution in [2.45, 2.75) is 13.3 Å². The lowest BCUT2D eigenvalue weighted by Crippen LogP contribution is -2.09. The summed E-state index contributed by atoms with van der Waals surface area (Å²) in [7, 11) is 1.51. The topological polar surface area (TPSA) is 67.8 Å². The Kier molecular flexibility index (Phi) is 4.24. The van der Waals surface area contributed by atoms with Crippen molar-refractivity contribution in [1.29, 1.82) is 0 Å². The van der Waals surface area contributed by atoms with Crippen molar-refractivity contribution < 1.29 is 14.3 Å². The van der Waals surface area contributed by atoms with Crippen LogP contribution in [0.25, 0.3) is 0 Å². The highest BCUT2D eigenvalue weighted by atomic mass is 16.5. The summed E-state index contributed by atoms with van der Waals surface area (Å²) in [4.78, 5) is 24.9. The molecule has 1 N–H and O–H groups in total. The van der Waals surface area contributed by atoms with E-state index in [1.165, 1.54) is 13.2 Å². The Hall–Kier alpha value is -2.13. The number of carbonyl (C=O) groups is 1. The predicted molar refractivity (Wildman–Crippen MR) is 59.7 cm³/mol. The molecule has 0 aromatic heterocycles. The van der Waals surface area contributed by atoms with Crippen molar-refractivity contribution >= 4 is 23.4 Å². The SMILES string of the molecule is CCC(=O)Nc1ccc(OC)cc1N=C=O. The molecule has 0 heterocycles. The number of rotatable bonds is 4. The second-order valence-corrected chi connectivity index (χ2v) is 2.99. The number of isocyanates is 1. The van der Waals surface area contributed by atoms with Gasteiger partial charge >= 0.3 is 0 Å². The summed E-state index contributed by atoms with van der Waals surface area (Å²) in [5.74, 6) is 0.413. The van der Waals surface area contributed by atoms with Gasteiger partial charge in [0.25, 0.3) is 0 Å². The number of benzene rings is 1. The number of nitrogens with one attached hydrogen (secondary N) is 1. The van der Waals surface area contributed by atoms with Crippen molar-refractivity contribution in [3.63, 3.8) is 0 Å². The number of hydrogen-bond acceptors (Lipinski definition) is 4. The van der Waals surface area contributed by atoms with Gasteiger partial charge in [-0.25, -0.2) is 4.79 Å². The third-order valence-corrected chi connectivity index (χ3v) is 1.97. The summed E-state index contributed by atoms with van der Waals surface area (Å²) < 4.78 is 4.98. The van der Waals surface area contributed by atoms with E-state index in [0.29, 0.717) is 23.5 Å². The molecular weight excluding hydrogens is 208 g/mol. The van der Waals surface area contributed by atoms with Crippen LogP contribution < -0.4 is 10.1 Å². The minimum atomic E-state index is -0.146. The molecule has 0 bridgehead atoms. The van der Waals surface area contributed by atoms with Gasteiger partial charge in [-0.15, -0.1) is 0 Å². The highest BCUT2D eigenvalue weighted by Gasteiger charge is 2.06. The van der Waals surface area contributed by atoms with Crippen LogP contribution in [0.3, 0.4) is 0 Å². The van der Waals surface area contributed by atoms with Gasteiger partial charge in [-0.05, 0) is 12.1 Å². The number of amides is 1. The van der Waals surface area contributed by atoms with Crippen LogP contribution in [0, 0.1) is 0 Å². The molecule has 0 radical (unpaired) electrons. The molecule has 1 amide bonds. The molecule has 0 aliphatic heterocycles. The highest BCUT2D eigenvalue weighted by molar-refractivity contribution is 5.93. The molecular formula is C11H12N2O3. The number of carbonyl (C=O) groups excluding carboxylic acids is 2. The van der Waals surface area contributed by atoms with Crippen LogP contribution in [-0.2, 0) is 9.59 Å². The van der Waals surface area contributed by atoms with E-state index in [0.717, 1.165) is 0 Å². The summed E-state index contributed by atoms with van der Waals surface area (Å²) in [5, 5.41) is 2.63. The van der Waals surface area contributed by atoms with Crippen LogP contribution in [0.1, 0.15) is 13.3 Å². The fourth-order valence-corrected chi connectivity index (χ4v) is 1.12. The second-order valence-electron chi connectivity index (χ2n) is 2.99. The molecule has 16 heavy (non-hydrogen) atoms. The summed E-state index contributed by atoms with van der Waals surface area (Å²) in [5.41, 5.74) is 0.798. The van der Waals surface area contributed by atoms with Gasteiger partial charge in [-0.3, -0.25) is 4.79 Å². The average Bonchev–Trinajstić information content (AvgIpc) is 2.31. The first-order valence-electron chi connectivity index (χ1n) is 4.77. The third kappa shape index (κ3) is 2.93. The molecule has 5 nitrogen and oxygen atoms in total. The maximum atomic E-state index is 11.2. The van der Waals surface area contributed by atoms with Crippen molar-refractivity contribution in [1.82, 2.24) is 0 Å². The first-order valence-corrected chi connectivity index (χ1v) is 4.77. The van der Waals surface area contributed by atoms with E-state index in [4.69, 9.17) is 4.74 Å². The Morgan fingerprint density at radius 1 is 1.56 bits per heavy atom. The monoisotopic (exact) mass is 220 g/mol. The smallest absolute Gasteiger partial charge is 0.240 e. The first kappa shape index (κ1) is 11.9. The van der Waals surface area contributed by atoms with Crippen molar-refractivity contribution in [3.05, 3.63) is 18.2 Å². The van der Waals surface area contributed by atoms with Crippen LogP contribution in [0.2, 0.25) is 0 Å². The summed E-state index contributed by atoms with van der Waals surface area (Å²) in [6.45, 7) is 1.74. The zero-order chi connectivity index (χ0) is 12.0. The van der Waals surface area contributed by atoms with Gasteiger partial charge in [0, 0.05) is 12.5 Å². The molecule has 0 atom stereocenters. The van der Waals surface area contributed by atoms with Crippen molar-refractivity contribution in [2.24, 2.45) is 4.99 Å². The molecule has 0 spiro atoms. The molecule has 0 saturated carbocycles. The number of anilines is 1. The zero-order valence-electron chi connectivity index (χ0n) is 9.11. The molecule has 5 heteroatoms.